The summed E-state index contributed by atoms with van der Waals surface area (Å²) in [5.41, 5.74) is 4.66. The topological polar surface area (TPSA) is 66.5 Å². The lowest BCUT2D eigenvalue weighted by atomic mass is 9.89. The van der Waals surface area contributed by atoms with Gasteiger partial charge in [0.25, 0.3) is 0 Å². The Labute approximate surface area is 196 Å². The van der Waals surface area contributed by atoms with Gasteiger partial charge in [0.05, 0.1) is 11.8 Å². The van der Waals surface area contributed by atoms with E-state index in [-0.39, 0.29) is 23.6 Å². The van der Waals surface area contributed by atoms with Gasteiger partial charge in [-0.25, -0.2) is 12.7 Å². The molecule has 7 heteroatoms. The summed E-state index contributed by atoms with van der Waals surface area (Å²) in [7, 11) is -3.43. The summed E-state index contributed by atoms with van der Waals surface area (Å²) in [6.45, 7) is 2.76. The minimum atomic E-state index is -3.43. The number of hydrogen-bond acceptors (Lipinski definition) is 3. The molecule has 1 unspecified atom stereocenters. The average Bonchev–Trinajstić information content (AvgIpc) is 2.78. The summed E-state index contributed by atoms with van der Waals surface area (Å²) in [5, 5.41) is 3.68. The molecule has 1 amide bonds. The fraction of sp³-hybridized carbons (Fsp3) is 0.480. The zero-order chi connectivity index (χ0) is 22.7. The van der Waals surface area contributed by atoms with Crippen LogP contribution >= 0.6 is 11.6 Å². The van der Waals surface area contributed by atoms with Crippen molar-refractivity contribution in [2.75, 3.05) is 13.1 Å². The van der Waals surface area contributed by atoms with Gasteiger partial charge in [-0.05, 0) is 79.8 Å². The monoisotopic (exact) mass is 474 g/mol. The van der Waals surface area contributed by atoms with Crippen LogP contribution in [0, 0.1) is 5.92 Å². The third kappa shape index (κ3) is 5.53. The maximum Gasteiger partial charge on any atom is 0.223 e. The second-order valence-electron chi connectivity index (χ2n) is 9.02. The Balaban J connectivity index is 1.31. The first-order valence-electron chi connectivity index (χ1n) is 11.5. The molecule has 2 aromatic rings. The maximum absolute atomic E-state index is 12.9. The molecule has 0 aromatic heterocycles. The highest BCUT2D eigenvalue weighted by atomic mass is 35.5. The van der Waals surface area contributed by atoms with Crippen molar-refractivity contribution in [3.05, 3.63) is 69.7 Å². The molecular formula is C25H31ClN2O3S. The van der Waals surface area contributed by atoms with E-state index in [1.807, 2.05) is 6.92 Å². The Morgan fingerprint density at radius 3 is 2.53 bits per heavy atom. The molecule has 0 radical (unpaired) electrons. The molecule has 0 bridgehead atoms. The van der Waals surface area contributed by atoms with Crippen molar-refractivity contribution in [3.8, 4) is 0 Å². The van der Waals surface area contributed by atoms with Crippen molar-refractivity contribution in [2.45, 2.75) is 57.2 Å². The molecule has 0 spiro atoms. The molecule has 1 N–H and O–H groups in total. The quantitative estimate of drug-likeness (QED) is 0.663. The van der Waals surface area contributed by atoms with Crippen molar-refractivity contribution in [1.29, 1.82) is 0 Å². The summed E-state index contributed by atoms with van der Waals surface area (Å²) in [6.07, 6.45) is 5.83. The minimum Gasteiger partial charge on any atom is -0.349 e. The number of carbonyl (C=O) groups is 1. The van der Waals surface area contributed by atoms with Gasteiger partial charge in [0, 0.05) is 24.0 Å². The molecule has 32 heavy (non-hydrogen) atoms. The number of rotatable bonds is 6. The molecule has 1 fully saturated rings. The standard InChI is InChI=1S/C25H31ClN2O3S/c1-18(22-10-9-20-6-2-3-7-23(20)16-22)27-25(29)21-11-13-28(14-12-21)32(30,31)17-19-5-4-8-24(26)15-19/h4-5,8-10,15-16,18,21H,2-3,6-7,11-14,17H2,1H3,(H,27,29). The highest BCUT2D eigenvalue weighted by Crippen LogP contribution is 2.26. The zero-order valence-corrected chi connectivity index (χ0v) is 20.1. The summed E-state index contributed by atoms with van der Waals surface area (Å²) in [5.74, 6) is -0.213. The van der Waals surface area contributed by atoms with E-state index in [0.717, 1.165) is 18.4 Å². The first kappa shape index (κ1) is 23.3. The molecule has 4 rings (SSSR count). The minimum absolute atomic E-state index is 0.0158. The molecule has 1 saturated heterocycles. The van der Waals surface area contributed by atoms with Crippen LogP contribution in [-0.2, 0) is 33.4 Å². The van der Waals surface area contributed by atoms with Gasteiger partial charge in [0.15, 0.2) is 0 Å². The molecule has 0 saturated carbocycles. The van der Waals surface area contributed by atoms with Crippen LogP contribution in [0.5, 0.6) is 0 Å². The molecule has 5 nitrogen and oxygen atoms in total. The van der Waals surface area contributed by atoms with Gasteiger partial charge in [-0.1, -0.05) is 41.9 Å². The third-order valence-corrected chi connectivity index (χ3v) is 8.77. The van der Waals surface area contributed by atoms with E-state index in [4.69, 9.17) is 11.6 Å². The molecule has 172 valence electrons. The van der Waals surface area contributed by atoms with Crippen molar-refractivity contribution in [1.82, 2.24) is 9.62 Å². The van der Waals surface area contributed by atoms with Gasteiger partial charge in [0.2, 0.25) is 15.9 Å². The first-order chi connectivity index (χ1) is 15.3. The fourth-order valence-electron chi connectivity index (χ4n) is 4.76. The Morgan fingerprint density at radius 1 is 1.09 bits per heavy atom. The highest BCUT2D eigenvalue weighted by molar-refractivity contribution is 7.88. The number of carbonyl (C=O) groups excluding carboxylic acids is 1. The van der Waals surface area contributed by atoms with Crippen molar-refractivity contribution >= 4 is 27.5 Å². The van der Waals surface area contributed by atoms with E-state index in [1.165, 1.54) is 28.3 Å². The Morgan fingerprint density at radius 2 is 1.81 bits per heavy atom. The van der Waals surface area contributed by atoms with E-state index >= 15 is 0 Å². The number of nitrogens with one attached hydrogen (secondary N) is 1. The van der Waals surface area contributed by atoms with Gasteiger partial charge < -0.3 is 5.32 Å². The van der Waals surface area contributed by atoms with Crippen LogP contribution in [0.25, 0.3) is 0 Å². The Kier molecular flexibility index (Phi) is 7.23. The summed E-state index contributed by atoms with van der Waals surface area (Å²) in [6, 6.07) is 13.5. The lowest BCUT2D eigenvalue weighted by Crippen LogP contribution is -2.43. The SMILES string of the molecule is CC(NC(=O)C1CCN(S(=O)(=O)Cc2cccc(Cl)c2)CC1)c1ccc2c(c1)CCCC2. The maximum atomic E-state index is 12.9. The van der Waals surface area contributed by atoms with Crippen LogP contribution in [0.2, 0.25) is 5.02 Å². The highest BCUT2D eigenvalue weighted by Gasteiger charge is 2.31. The van der Waals surface area contributed by atoms with Crippen LogP contribution in [0.15, 0.2) is 42.5 Å². The predicted octanol–water partition coefficient (Wildman–Crippen LogP) is 4.64. The smallest absolute Gasteiger partial charge is 0.223 e. The number of halogens is 1. The number of nitrogens with zero attached hydrogens (tertiary/aromatic N) is 1. The van der Waals surface area contributed by atoms with E-state index in [2.05, 4.69) is 23.5 Å². The average molecular weight is 475 g/mol. The first-order valence-corrected chi connectivity index (χ1v) is 13.4. The number of fused-ring (bicyclic) bond motifs is 1. The molecule has 2 aliphatic rings. The number of aryl methyl sites for hydroxylation is 2. The van der Waals surface area contributed by atoms with Gasteiger partial charge in [-0.15, -0.1) is 0 Å². The third-order valence-electron chi connectivity index (χ3n) is 6.69. The second-order valence-corrected chi connectivity index (χ2v) is 11.4. The van der Waals surface area contributed by atoms with Crippen LogP contribution in [0.1, 0.15) is 60.9 Å². The zero-order valence-electron chi connectivity index (χ0n) is 18.5. The van der Waals surface area contributed by atoms with Crippen molar-refractivity contribution in [3.63, 3.8) is 0 Å². The van der Waals surface area contributed by atoms with E-state index < -0.39 is 10.0 Å². The van der Waals surface area contributed by atoms with Crippen molar-refractivity contribution in [2.24, 2.45) is 5.92 Å². The summed E-state index contributed by atoms with van der Waals surface area (Å²) in [4.78, 5) is 12.9. The Bertz CT molecular complexity index is 1080. The number of piperidine rings is 1. The normalized spacial score (nSPS) is 18.7. The van der Waals surface area contributed by atoms with Gasteiger partial charge in [-0.2, -0.15) is 0 Å². The van der Waals surface area contributed by atoms with Crippen LogP contribution in [0.3, 0.4) is 0 Å². The molecular weight excluding hydrogens is 444 g/mol. The van der Waals surface area contributed by atoms with E-state index in [9.17, 15) is 13.2 Å². The summed E-state index contributed by atoms with van der Waals surface area (Å²) < 4.78 is 27.1. The number of amides is 1. The largest absolute Gasteiger partial charge is 0.349 e. The number of sulfonamides is 1. The number of benzene rings is 2. The molecule has 2 aromatic carbocycles. The molecule has 1 aliphatic carbocycles. The van der Waals surface area contributed by atoms with Crippen LogP contribution in [-0.4, -0.2) is 31.7 Å². The Hall–Kier alpha value is -1.89. The van der Waals surface area contributed by atoms with Crippen LogP contribution in [0.4, 0.5) is 0 Å². The second kappa shape index (κ2) is 9.94. The van der Waals surface area contributed by atoms with Gasteiger partial charge in [-0.3, -0.25) is 4.79 Å². The van der Waals surface area contributed by atoms with Crippen molar-refractivity contribution < 1.29 is 13.2 Å². The summed E-state index contributed by atoms with van der Waals surface area (Å²) >= 11 is 5.98. The van der Waals surface area contributed by atoms with Gasteiger partial charge >= 0.3 is 0 Å². The predicted molar refractivity (Wildman–Crippen MR) is 128 cm³/mol. The van der Waals surface area contributed by atoms with E-state index in [0.29, 0.717) is 36.5 Å². The molecule has 1 atom stereocenters. The van der Waals surface area contributed by atoms with Crippen LogP contribution < -0.4 is 5.32 Å². The van der Waals surface area contributed by atoms with Gasteiger partial charge in [0.1, 0.15) is 0 Å². The lowest BCUT2D eigenvalue weighted by molar-refractivity contribution is -0.126. The van der Waals surface area contributed by atoms with E-state index in [1.54, 1.807) is 24.3 Å². The lowest BCUT2D eigenvalue weighted by Gasteiger charge is -2.31. The molecule has 1 heterocycles. The fourth-order valence-corrected chi connectivity index (χ4v) is 6.53. The molecule has 1 aliphatic heterocycles. The number of hydrogen-bond donors (Lipinski definition) is 1.